The molecule has 8 heteroatoms. The summed E-state index contributed by atoms with van der Waals surface area (Å²) in [5, 5.41) is 18.7. The van der Waals surface area contributed by atoms with E-state index in [4.69, 9.17) is 0 Å². The molecule has 8 nitrogen and oxygen atoms in total. The van der Waals surface area contributed by atoms with Crippen molar-refractivity contribution in [2.75, 3.05) is 24.2 Å². The number of amides is 2. The van der Waals surface area contributed by atoms with Gasteiger partial charge >= 0.3 is 0 Å². The first-order valence-corrected chi connectivity index (χ1v) is 5.57. The molecule has 0 aromatic heterocycles. The molecule has 0 saturated carbocycles. The average molecular weight is 264 g/mol. The molecular formula is C11H12N4O4. The van der Waals surface area contributed by atoms with Gasteiger partial charge in [0.25, 0.3) is 5.69 Å². The van der Waals surface area contributed by atoms with Gasteiger partial charge in [0.15, 0.2) is 0 Å². The number of carbonyl (C=O) groups excluding carboxylic acids is 2. The van der Waals surface area contributed by atoms with E-state index in [1.54, 1.807) is 0 Å². The maximum Gasteiger partial charge on any atom is 0.292 e. The Hall–Kier alpha value is -2.64. The number of nitro groups is 1. The Morgan fingerprint density at radius 1 is 1.53 bits per heavy atom. The molecular weight excluding hydrogens is 252 g/mol. The summed E-state index contributed by atoms with van der Waals surface area (Å²) in [6.45, 7) is -0.0793. The molecule has 3 N–H and O–H groups in total. The molecule has 1 heterocycles. The van der Waals surface area contributed by atoms with Crippen molar-refractivity contribution in [3.63, 3.8) is 0 Å². The zero-order valence-corrected chi connectivity index (χ0v) is 10.1. The monoisotopic (exact) mass is 264 g/mol. The first-order valence-electron chi connectivity index (χ1n) is 5.57. The van der Waals surface area contributed by atoms with Crippen molar-refractivity contribution in [2.24, 2.45) is 0 Å². The van der Waals surface area contributed by atoms with E-state index in [1.165, 1.54) is 19.2 Å². The number of nitrogens with one attached hydrogen (secondary N) is 3. The summed E-state index contributed by atoms with van der Waals surface area (Å²) in [5.41, 5.74) is 1.17. The second-order valence-corrected chi connectivity index (χ2v) is 4.04. The highest BCUT2D eigenvalue weighted by molar-refractivity contribution is 6.00. The maximum absolute atomic E-state index is 11.2. The number of hydrogen-bond donors (Lipinski definition) is 3. The Labute approximate surface area is 108 Å². The highest BCUT2D eigenvalue weighted by atomic mass is 16.6. The van der Waals surface area contributed by atoms with Gasteiger partial charge in [-0.15, -0.1) is 0 Å². The van der Waals surface area contributed by atoms with Gasteiger partial charge in [0, 0.05) is 18.8 Å². The number of hydrogen-bond acceptors (Lipinski definition) is 5. The molecule has 0 fully saturated rings. The van der Waals surface area contributed by atoms with E-state index in [1.807, 2.05) is 0 Å². The van der Waals surface area contributed by atoms with Crippen molar-refractivity contribution in [1.29, 1.82) is 0 Å². The lowest BCUT2D eigenvalue weighted by Crippen LogP contribution is -2.26. The number of likely N-dealkylation sites (N-methyl/N-ethyl adjacent to an activating group) is 1. The molecule has 1 aromatic rings. The predicted octanol–water partition coefficient (Wildman–Crippen LogP) is 0.247. The molecule has 0 spiro atoms. The first-order chi connectivity index (χ1) is 9.01. The van der Waals surface area contributed by atoms with Crippen LogP contribution in [0.25, 0.3) is 0 Å². The van der Waals surface area contributed by atoms with Crippen LogP contribution in [0, 0.1) is 10.1 Å². The molecule has 1 aliphatic heterocycles. The van der Waals surface area contributed by atoms with Gasteiger partial charge in [-0.2, -0.15) is 0 Å². The second-order valence-electron chi connectivity index (χ2n) is 4.04. The van der Waals surface area contributed by atoms with Crippen LogP contribution < -0.4 is 16.0 Å². The van der Waals surface area contributed by atoms with Crippen LogP contribution in [-0.2, 0) is 16.0 Å². The van der Waals surface area contributed by atoms with E-state index in [-0.39, 0.29) is 36.2 Å². The fourth-order valence-corrected chi connectivity index (χ4v) is 1.82. The lowest BCUT2D eigenvalue weighted by molar-refractivity contribution is -0.384. The third kappa shape index (κ3) is 2.62. The van der Waals surface area contributed by atoms with Crippen molar-refractivity contribution < 1.29 is 14.5 Å². The molecule has 2 amide bonds. The topological polar surface area (TPSA) is 113 Å². The Morgan fingerprint density at radius 3 is 2.89 bits per heavy atom. The number of nitrogens with zero attached hydrogens (tertiary/aromatic N) is 1. The molecule has 1 aliphatic rings. The van der Waals surface area contributed by atoms with Crippen molar-refractivity contribution in [3.05, 3.63) is 27.8 Å². The van der Waals surface area contributed by atoms with Crippen LogP contribution in [0.2, 0.25) is 0 Å². The van der Waals surface area contributed by atoms with Crippen LogP contribution in [-0.4, -0.2) is 30.3 Å². The van der Waals surface area contributed by atoms with Gasteiger partial charge in [-0.3, -0.25) is 19.7 Å². The van der Waals surface area contributed by atoms with E-state index < -0.39 is 4.92 Å². The average Bonchev–Trinajstić information content (AvgIpc) is 2.73. The van der Waals surface area contributed by atoms with Crippen LogP contribution >= 0.6 is 0 Å². The van der Waals surface area contributed by atoms with Crippen LogP contribution in [0.3, 0.4) is 0 Å². The standard InChI is InChI=1S/C11H12N4O4/c1-12-11(17)5-13-8-4-7-6(3-10(16)14-7)2-9(8)15(18)19/h2,4,13H,3,5H2,1H3,(H,12,17)(H,14,16). The number of benzene rings is 1. The fraction of sp³-hybridized carbons (Fsp3) is 0.273. The molecule has 0 saturated heterocycles. The summed E-state index contributed by atoms with van der Waals surface area (Å²) in [4.78, 5) is 32.8. The van der Waals surface area contributed by atoms with Gasteiger partial charge in [-0.05, 0) is 11.6 Å². The van der Waals surface area contributed by atoms with Crippen LogP contribution in [0.5, 0.6) is 0 Å². The van der Waals surface area contributed by atoms with Gasteiger partial charge in [0.1, 0.15) is 5.69 Å². The highest BCUT2D eigenvalue weighted by Crippen LogP contribution is 2.34. The van der Waals surface area contributed by atoms with Crippen LogP contribution in [0.4, 0.5) is 17.1 Å². The van der Waals surface area contributed by atoms with E-state index in [0.717, 1.165) is 0 Å². The molecule has 0 aliphatic carbocycles. The van der Waals surface area contributed by atoms with E-state index in [0.29, 0.717) is 11.3 Å². The van der Waals surface area contributed by atoms with Gasteiger partial charge in [0.2, 0.25) is 11.8 Å². The molecule has 19 heavy (non-hydrogen) atoms. The summed E-state index contributed by atoms with van der Waals surface area (Å²) in [5.74, 6) is -0.494. The summed E-state index contributed by atoms with van der Waals surface area (Å²) in [7, 11) is 1.47. The van der Waals surface area contributed by atoms with Crippen LogP contribution in [0.1, 0.15) is 5.56 Å². The van der Waals surface area contributed by atoms with Gasteiger partial charge in [-0.25, -0.2) is 0 Å². The fourth-order valence-electron chi connectivity index (χ4n) is 1.82. The van der Waals surface area contributed by atoms with Crippen molar-refractivity contribution >= 4 is 28.9 Å². The van der Waals surface area contributed by atoms with E-state index in [2.05, 4.69) is 16.0 Å². The summed E-state index contributed by atoms with van der Waals surface area (Å²) < 4.78 is 0. The zero-order chi connectivity index (χ0) is 14.0. The number of nitro benzene ring substituents is 1. The smallest absolute Gasteiger partial charge is 0.292 e. The Morgan fingerprint density at radius 2 is 2.26 bits per heavy atom. The molecule has 0 radical (unpaired) electrons. The second kappa shape index (κ2) is 4.92. The Bertz CT molecular complexity index is 570. The van der Waals surface area contributed by atoms with Crippen LogP contribution in [0.15, 0.2) is 12.1 Å². The number of carbonyl (C=O) groups is 2. The number of rotatable bonds is 4. The quantitative estimate of drug-likeness (QED) is 0.532. The van der Waals surface area contributed by atoms with Gasteiger partial charge in [0.05, 0.1) is 17.9 Å². The minimum atomic E-state index is -0.546. The largest absolute Gasteiger partial charge is 0.370 e. The highest BCUT2D eigenvalue weighted by Gasteiger charge is 2.24. The summed E-state index contributed by atoms with van der Waals surface area (Å²) >= 11 is 0. The van der Waals surface area contributed by atoms with E-state index >= 15 is 0 Å². The molecule has 1 aromatic carbocycles. The minimum absolute atomic E-state index is 0.0793. The number of fused-ring (bicyclic) bond motifs is 1. The Balaban J connectivity index is 2.31. The maximum atomic E-state index is 11.2. The minimum Gasteiger partial charge on any atom is -0.370 e. The molecule has 100 valence electrons. The van der Waals surface area contributed by atoms with Gasteiger partial charge < -0.3 is 16.0 Å². The zero-order valence-electron chi connectivity index (χ0n) is 10.1. The summed E-state index contributed by atoms with van der Waals surface area (Å²) in [6, 6.07) is 2.82. The first kappa shape index (κ1) is 12.8. The van der Waals surface area contributed by atoms with Crippen molar-refractivity contribution in [3.8, 4) is 0 Å². The Kier molecular flexibility index (Phi) is 3.32. The van der Waals surface area contributed by atoms with E-state index in [9.17, 15) is 19.7 Å². The third-order valence-corrected chi connectivity index (χ3v) is 2.76. The van der Waals surface area contributed by atoms with Gasteiger partial charge in [-0.1, -0.05) is 0 Å². The van der Waals surface area contributed by atoms with Crippen molar-refractivity contribution in [2.45, 2.75) is 6.42 Å². The summed E-state index contributed by atoms with van der Waals surface area (Å²) in [6.07, 6.45) is 0.131. The normalized spacial score (nSPS) is 12.6. The number of anilines is 2. The SMILES string of the molecule is CNC(=O)CNc1cc2c(cc1[N+](=O)[O-])CC(=O)N2. The molecule has 2 rings (SSSR count). The predicted molar refractivity (Wildman–Crippen MR) is 68.0 cm³/mol. The van der Waals surface area contributed by atoms with Crippen molar-refractivity contribution in [1.82, 2.24) is 5.32 Å². The lowest BCUT2D eigenvalue weighted by atomic mass is 10.1. The molecule has 0 unspecified atom stereocenters. The molecule has 0 bridgehead atoms. The lowest BCUT2D eigenvalue weighted by Gasteiger charge is -2.08. The third-order valence-electron chi connectivity index (χ3n) is 2.76. The molecule has 0 atom stereocenters.